The first kappa shape index (κ1) is 36.2. The highest BCUT2D eigenvalue weighted by Crippen LogP contribution is 2.48. The molecular weight excluding hydrogens is 646 g/mol. The number of hydrogen-bond donors (Lipinski definition) is 1. The fraction of sp³-hybridized carbons (Fsp3) is 0.182. The minimum atomic E-state index is -7.10. The number of hydrogen-bond acceptors (Lipinski definition) is 5. The van der Waals surface area contributed by atoms with Gasteiger partial charge in [0.2, 0.25) is 0 Å². The molecule has 0 saturated carbocycles. The lowest BCUT2D eigenvalue weighted by Crippen LogP contribution is -2.55. The van der Waals surface area contributed by atoms with Gasteiger partial charge in [0.1, 0.15) is 0 Å². The monoisotopic (exact) mass is 662 g/mol. The summed E-state index contributed by atoms with van der Waals surface area (Å²) < 4.78 is 167. The van der Waals surface area contributed by atoms with Gasteiger partial charge in [-0.15, -0.1) is 0 Å². The first-order chi connectivity index (χ1) is 18.4. The van der Waals surface area contributed by atoms with E-state index in [1.807, 2.05) is 0 Å². The zero-order chi connectivity index (χ0) is 31.9. The molecule has 3 aromatic rings. The summed E-state index contributed by atoms with van der Waals surface area (Å²) in [4.78, 5) is 4.08. The Balaban J connectivity index is 0.000000338. The highest BCUT2D eigenvalue weighted by molar-refractivity contribution is 7.97. The first-order valence-electron chi connectivity index (χ1n) is 10.2. The van der Waals surface area contributed by atoms with Gasteiger partial charge in [-0.2, -0.15) is 52.3 Å². The molecule has 0 saturated heterocycles. The van der Waals surface area contributed by atoms with Crippen LogP contribution >= 0.6 is 0 Å². The fourth-order valence-electron chi connectivity index (χ4n) is 2.40. The van der Waals surface area contributed by atoms with Crippen LogP contribution in [0.1, 0.15) is 0 Å². The van der Waals surface area contributed by atoms with E-state index in [-0.39, 0.29) is 10.9 Å². The maximum atomic E-state index is 11.8. The van der Waals surface area contributed by atoms with Crippen LogP contribution in [0.2, 0.25) is 0 Å². The SMILES string of the molecule is O=S(=O)(O)C(F)(F)F.O=S(=O)([O-])C(F)(F)C(F)(F)C(F)(F)F.c1ccc([S+](c2ccccc2)c2ccccc2)cc1. The van der Waals surface area contributed by atoms with Crippen molar-refractivity contribution in [3.05, 3.63) is 91.0 Å². The Morgan fingerprint density at radius 1 is 0.561 bits per heavy atom. The van der Waals surface area contributed by atoms with Crippen molar-refractivity contribution in [2.75, 3.05) is 0 Å². The van der Waals surface area contributed by atoms with Crippen LogP contribution in [0, 0.1) is 0 Å². The van der Waals surface area contributed by atoms with E-state index in [0.717, 1.165) is 0 Å². The Morgan fingerprint density at radius 3 is 0.951 bits per heavy atom. The van der Waals surface area contributed by atoms with Crippen LogP contribution in [0.5, 0.6) is 0 Å². The molecule has 0 aromatic heterocycles. The molecule has 6 nitrogen and oxygen atoms in total. The van der Waals surface area contributed by atoms with Gasteiger partial charge in [-0.3, -0.25) is 4.55 Å². The highest BCUT2D eigenvalue weighted by atomic mass is 32.2. The lowest BCUT2D eigenvalue weighted by molar-refractivity contribution is -0.333. The van der Waals surface area contributed by atoms with Crippen molar-refractivity contribution < 1.29 is 69.8 Å². The maximum absolute atomic E-state index is 11.8. The largest absolute Gasteiger partial charge is 0.743 e. The van der Waals surface area contributed by atoms with E-state index in [1.165, 1.54) is 14.7 Å². The molecule has 0 atom stereocenters. The van der Waals surface area contributed by atoms with Crippen molar-refractivity contribution in [2.24, 2.45) is 0 Å². The molecule has 0 aliphatic heterocycles. The van der Waals surface area contributed by atoms with Crippen molar-refractivity contribution >= 4 is 31.1 Å². The molecule has 0 unspecified atom stereocenters. The second kappa shape index (κ2) is 13.4. The van der Waals surface area contributed by atoms with E-state index >= 15 is 0 Å². The summed E-state index contributed by atoms with van der Waals surface area (Å²) in [6.45, 7) is 0. The van der Waals surface area contributed by atoms with Crippen LogP contribution in [0.15, 0.2) is 106 Å². The summed E-state index contributed by atoms with van der Waals surface area (Å²) in [6.07, 6.45) is -6.83. The van der Waals surface area contributed by atoms with Gasteiger partial charge in [-0.25, -0.2) is 8.42 Å². The zero-order valence-corrected chi connectivity index (χ0v) is 22.1. The quantitative estimate of drug-likeness (QED) is 0.145. The lowest BCUT2D eigenvalue weighted by atomic mass is 10.3. The topological polar surface area (TPSA) is 112 Å². The molecule has 19 heteroatoms. The van der Waals surface area contributed by atoms with E-state index in [9.17, 15) is 56.9 Å². The number of alkyl halides is 10. The van der Waals surface area contributed by atoms with Crippen molar-refractivity contribution in [3.8, 4) is 0 Å². The van der Waals surface area contributed by atoms with Crippen molar-refractivity contribution in [1.29, 1.82) is 0 Å². The average molecular weight is 663 g/mol. The Kier molecular flexibility index (Phi) is 11.8. The Bertz CT molecular complexity index is 1350. The molecule has 0 amide bonds. The molecule has 0 aliphatic rings. The van der Waals surface area contributed by atoms with Crippen LogP contribution in [-0.2, 0) is 31.1 Å². The molecule has 41 heavy (non-hydrogen) atoms. The van der Waals surface area contributed by atoms with E-state index in [1.54, 1.807) is 0 Å². The van der Waals surface area contributed by atoms with Crippen LogP contribution in [-0.4, -0.2) is 48.8 Å². The Labute approximate surface area is 229 Å². The molecule has 0 heterocycles. The molecule has 228 valence electrons. The standard InChI is InChI=1S/C18H15S.C3HF7O3S.CHF3O3S/c1-4-10-16(11-5-1)19(17-12-6-2-7-13-17)18-14-8-3-9-15-18;4-1(5,2(6,7)8)3(9,10)14(11,12)13;2-1(3,4)8(5,6)7/h1-15H;(H,11,12,13);(H,5,6,7)/q+1;;/p-1. The van der Waals surface area contributed by atoms with Gasteiger partial charge < -0.3 is 4.55 Å². The van der Waals surface area contributed by atoms with Crippen LogP contribution in [0.25, 0.3) is 0 Å². The van der Waals surface area contributed by atoms with Crippen LogP contribution in [0.3, 0.4) is 0 Å². The van der Waals surface area contributed by atoms with Gasteiger partial charge in [0.15, 0.2) is 24.8 Å². The van der Waals surface area contributed by atoms with E-state index in [0.29, 0.717) is 0 Å². The Hall–Kier alpha value is -2.87. The minimum Gasteiger partial charge on any atom is -0.743 e. The van der Waals surface area contributed by atoms with Gasteiger partial charge in [0.25, 0.3) is 0 Å². The smallest absolute Gasteiger partial charge is 0.522 e. The van der Waals surface area contributed by atoms with Gasteiger partial charge in [0, 0.05) is 0 Å². The number of benzene rings is 3. The molecule has 3 rings (SSSR count). The molecule has 0 fully saturated rings. The number of halogens is 10. The van der Waals surface area contributed by atoms with Crippen molar-refractivity contribution in [2.45, 2.75) is 37.5 Å². The van der Waals surface area contributed by atoms with Crippen LogP contribution in [0.4, 0.5) is 43.9 Å². The van der Waals surface area contributed by atoms with Gasteiger partial charge in [-0.05, 0) is 36.4 Å². The van der Waals surface area contributed by atoms with E-state index in [2.05, 4.69) is 91.0 Å². The third-order valence-electron chi connectivity index (χ3n) is 4.26. The summed E-state index contributed by atoms with van der Waals surface area (Å²) in [5, 5.41) is -6.72. The lowest BCUT2D eigenvalue weighted by Gasteiger charge is -2.29. The predicted octanol–water partition coefficient (Wildman–Crippen LogP) is 6.50. The van der Waals surface area contributed by atoms with Gasteiger partial charge in [0.05, 0.1) is 10.9 Å². The third kappa shape index (κ3) is 9.59. The summed E-state index contributed by atoms with van der Waals surface area (Å²) >= 11 is 0. The summed E-state index contributed by atoms with van der Waals surface area (Å²) in [7, 11) is -13.0. The maximum Gasteiger partial charge on any atom is 0.522 e. The minimum absolute atomic E-state index is 0.0146. The Morgan fingerprint density at radius 2 is 0.805 bits per heavy atom. The molecule has 0 aliphatic carbocycles. The highest BCUT2D eigenvalue weighted by Gasteiger charge is 2.76. The van der Waals surface area contributed by atoms with Crippen LogP contribution < -0.4 is 0 Å². The second-order valence-electron chi connectivity index (χ2n) is 7.21. The molecule has 0 spiro atoms. The summed E-state index contributed by atoms with van der Waals surface area (Å²) in [6, 6.07) is 32.2. The average Bonchev–Trinajstić information content (AvgIpc) is 2.84. The van der Waals surface area contributed by atoms with E-state index < -0.39 is 43.1 Å². The third-order valence-corrected chi connectivity index (χ3v) is 7.96. The van der Waals surface area contributed by atoms with Crippen molar-refractivity contribution in [1.82, 2.24) is 0 Å². The van der Waals surface area contributed by atoms with Gasteiger partial charge >= 0.3 is 33.0 Å². The predicted molar refractivity (Wildman–Crippen MR) is 125 cm³/mol. The zero-order valence-electron chi connectivity index (χ0n) is 19.7. The normalized spacial score (nSPS) is 13.0. The molecule has 0 bridgehead atoms. The first-order valence-corrected chi connectivity index (χ1v) is 14.2. The van der Waals surface area contributed by atoms with Crippen molar-refractivity contribution in [3.63, 3.8) is 0 Å². The summed E-state index contributed by atoms with van der Waals surface area (Å²) in [5.41, 5.74) is -5.53. The molecular formula is C22H16F10O6S3. The summed E-state index contributed by atoms with van der Waals surface area (Å²) in [5.74, 6) is -6.92. The molecule has 3 aromatic carbocycles. The van der Waals surface area contributed by atoms with E-state index in [4.69, 9.17) is 13.0 Å². The fourth-order valence-corrected chi connectivity index (χ4v) is 4.93. The van der Waals surface area contributed by atoms with Gasteiger partial charge in [-0.1, -0.05) is 54.6 Å². The second-order valence-corrected chi connectivity index (χ2v) is 12.1. The molecule has 1 N–H and O–H groups in total. The number of rotatable bonds is 5. The molecule has 0 radical (unpaired) electrons.